The fourth-order valence-corrected chi connectivity index (χ4v) is 9.44. The van der Waals surface area contributed by atoms with E-state index >= 15 is 0 Å². The predicted molar refractivity (Wildman–Crippen MR) is 265 cm³/mol. The van der Waals surface area contributed by atoms with Crippen LogP contribution >= 0.6 is 23.5 Å². The number of ether oxygens (including phenoxy) is 6. The van der Waals surface area contributed by atoms with Gasteiger partial charge in [-0.1, -0.05) is 12.1 Å². The van der Waals surface area contributed by atoms with E-state index in [1.165, 1.54) is 78.3 Å². The number of alkyl halides is 6. The minimum Gasteiger partial charge on any atom is -0.493 e. The minimum atomic E-state index is -5.13. The number of fused-ring (bicyclic) bond motifs is 6. The SMILES string of the molecule is COc1cc2c(c(OC)c1OC)-c1ccc(SC)c(=O)cc1[C@@H](NC(=O)[C@@H](C)NC(=O)C(F)(F)F)CC2.COc1cc2c(c(OC)c1OC)-c1ccc(SC)c(=O)cc1[C@@H](NC(=O)[C@H](C)NC(=O)C(F)(F)F)CC2. The first-order chi connectivity index (χ1) is 34.9. The number of nitrogens with one attached hydrogen (secondary N) is 4. The number of benzene rings is 2. The quantitative estimate of drug-likeness (QED) is 0.0725. The monoisotopic (exact) mass is 1080 g/mol. The number of carbonyl (C=O) groups excluding carboxylic acids is 4. The van der Waals surface area contributed by atoms with Crippen molar-refractivity contribution in [1.29, 1.82) is 0 Å². The highest BCUT2D eigenvalue weighted by molar-refractivity contribution is 7.98. The Balaban J connectivity index is 0.000000274. The van der Waals surface area contributed by atoms with Gasteiger partial charge in [-0.25, -0.2) is 0 Å². The van der Waals surface area contributed by atoms with Gasteiger partial charge >= 0.3 is 24.2 Å². The highest BCUT2D eigenvalue weighted by Crippen LogP contribution is 2.52. The largest absolute Gasteiger partial charge is 0.493 e. The lowest BCUT2D eigenvalue weighted by molar-refractivity contribution is -0.174. The van der Waals surface area contributed by atoms with Crippen LogP contribution in [0.1, 0.15) is 61.0 Å². The number of carbonyl (C=O) groups is 4. The Labute approximate surface area is 429 Å². The highest BCUT2D eigenvalue weighted by atomic mass is 32.2. The van der Waals surface area contributed by atoms with E-state index < -0.39 is 60.1 Å². The average molecular weight is 1080 g/mol. The van der Waals surface area contributed by atoms with Crippen molar-refractivity contribution in [2.75, 3.05) is 55.2 Å². The molecule has 4 N–H and O–H groups in total. The first-order valence-electron chi connectivity index (χ1n) is 22.4. The van der Waals surface area contributed by atoms with Gasteiger partial charge in [0.2, 0.25) is 23.3 Å². The summed E-state index contributed by atoms with van der Waals surface area (Å²) in [5.74, 6) is -3.78. The minimum absolute atomic E-state index is 0.283. The molecule has 0 aliphatic heterocycles. The van der Waals surface area contributed by atoms with E-state index in [4.69, 9.17) is 28.4 Å². The second-order valence-corrected chi connectivity index (χ2v) is 18.2. The molecule has 74 heavy (non-hydrogen) atoms. The van der Waals surface area contributed by atoms with Gasteiger partial charge in [-0.3, -0.25) is 28.8 Å². The maximum atomic E-state index is 13.0. The molecule has 24 heteroatoms. The summed E-state index contributed by atoms with van der Waals surface area (Å²) in [4.78, 5) is 75.2. The maximum Gasteiger partial charge on any atom is 0.471 e. The van der Waals surface area contributed by atoms with Crippen molar-refractivity contribution in [3.05, 3.63) is 91.2 Å². The summed E-state index contributed by atoms with van der Waals surface area (Å²) in [6.07, 6.45) is -5.31. The molecule has 4 amide bonds. The third-order valence-electron chi connectivity index (χ3n) is 12.1. The van der Waals surface area contributed by atoms with Crippen LogP contribution in [0.3, 0.4) is 0 Å². The second-order valence-electron chi connectivity index (χ2n) is 16.5. The normalized spacial score (nSPS) is 15.4. The van der Waals surface area contributed by atoms with E-state index in [9.17, 15) is 55.1 Å². The van der Waals surface area contributed by atoms with Crippen LogP contribution in [0.5, 0.6) is 34.5 Å². The summed E-state index contributed by atoms with van der Waals surface area (Å²) in [5.41, 5.74) is 4.41. The van der Waals surface area contributed by atoms with Gasteiger partial charge in [-0.15, -0.1) is 23.5 Å². The molecule has 0 bridgehead atoms. The summed E-state index contributed by atoms with van der Waals surface area (Å²) in [7, 11) is 8.86. The fourth-order valence-electron chi connectivity index (χ4n) is 8.51. The van der Waals surface area contributed by atoms with Crippen molar-refractivity contribution in [2.24, 2.45) is 0 Å². The van der Waals surface area contributed by atoms with E-state index in [-0.39, 0.29) is 10.9 Å². The Hall–Kier alpha value is -6.82. The van der Waals surface area contributed by atoms with E-state index in [0.29, 0.717) is 103 Å². The number of hydrogen-bond donors (Lipinski definition) is 4. The van der Waals surface area contributed by atoms with Crippen LogP contribution in [0.15, 0.2) is 67.9 Å². The molecule has 4 aromatic rings. The first kappa shape index (κ1) is 58.1. The molecule has 400 valence electrons. The van der Waals surface area contributed by atoms with Crippen molar-refractivity contribution < 1.29 is 73.9 Å². The average Bonchev–Trinajstić information content (AvgIpc) is 3.76. The third-order valence-corrected chi connectivity index (χ3v) is 13.6. The van der Waals surface area contributed by atoms with Crippen LogP contribution in [-0.4, -0.2) is 103 Å². The van der Waals surface area contributed by atoms with Crippen molar-refractivity contribution in [3.8, 4) is 56.8 Å². The molecule has 0 heterocycles. The third kappa shape index (κ3) is 12.7. The van der Waals surface area contributed by atoms with Gasteiger partial charge in [0, 0.05) is 11.1 Å². The Bertz CT molecular complexity index is 2730. The number of methoxy groups -OCH3 is 6. The smallest absolute Gasteiger partial charge is 0.471 e. The summed E-state index contributed by atoms with van der Waals surface area (Å²) >= 11 is 2.51. The number of hydrogen-bond acceptors (Lipinski definition) is 14. The van der Waals surface area contributed by atoms with Crippen LogP contribution < -0.4 is 60.5 Å². The molecular weight excluding hydrogens is 1030 g/mol. The van der Waals surface area contributed by atoms with E-state index in [1.807, 2.05) is 0 Å². The predicted octanol–water partition coefficient (Wildman–Crippen LogP) is 7.26. The number of halogens is 6. The molecule has 2 aliphatic rings. The van der Waals surface area contributed by atoms with Crippen LogP contribution in [0.4, 0.5) is 26.3 Å². The van der Waals surface area contributed by atoms with Crippen LogP contribution in [0.2, 0.25) is 0 Å². The second kappa shape index (κ2) is 24.5. The molecule has 0 unspecified atom stereocenters. The molecule has 0 saturated carbocycles. The fraction of sp³-hybridized carbons (Fsp3) is 0.400. The maximum absolute atomic E-state index is 13.0. The van der Waals surface area contributed by atoms with E-state index in [2.05, 4.69) is 10.6 Å². The van der Waals surface area contributed by atoms with Crippen molar-refractivity contribution in [2.45, 2.75) is 85.8 Å². The zero-order chi connectivity index (χ0) is 55.0. The number of rotatable bonds is 14. The standard InChI is InChI=1S/2C25H27F3N2O6S/c2*1-12(29-24(33)25(26,27)28)23(32)30-16-8-6-13-10-18(34-2)21(35-3)22(36-4)20(13)14-7-9-19(37-5)17(31)11-15(14)16/h2*7,9-12,16H,6,8H2,1-5H3,(H,29,33)(H,30,32)/t12-,16+;12-,16-/m10/s1. The van der Waals surface area contributed by atoms with Crippen molar-refractivity contribution >= 4 is 47.2 Å². The molecule has 0 aromatic heterocycles. The summed E-state index contributed by atoms with van der Waals surface area (Å²) < 4.78 is 109. The lowest BCUT2D eigenvalue weighted by atomic mass is 9.95. The van der Waals surface area contributed by atoms with Crippen LogP contribution in [0.25, 0.3) is 22.3 Å². The Kier molecular flexibility index (Phi) is 19.2. The Morgan fingerprint density at radius 1 is 0.541 bits per heavy atom. The number of amides is 4. The van der Waals surface area contributed by atoms with E-state index in [1.54, 1.807) is 59.5 Å². The lowest BCUT2D eigenvalue weighted by Crippen LogP contribution is -2.49. The van der Waals surface area contributed by atoms with Gasteiger partial charge in [0.25, 0.3) is 0 Å². The van der Waals surface area contributed by atoms with Crippen LogP contribution in [0, 0.1) is 0 Å². The molecule has 0 spiro atoms. The molecule has 0 saturated heterocycles. The zero-order valence-corrected chi connectivity index (χ0v) is 43.4. The van der Waals surface area contributed by atoms with Gasteiger partial charge in [0.15, 0.2) is 33.9 Å². The summed E-state index contributed by atoms with van der Waals surface area (Å²) in [6, 6.07) is 8.79. The molecular formula is C50H54F6N4O12S2. The van der Waals surface area contributed by atoms with Gasteiger partial charge in [0.1, 0.15) is 12.1 Å². The molecule has 4 atom stereocenters. The first-order valence-corrected chi connectivity index (χ1v) is 24.8. The number of thioether (sulfide) groups is 2. The van der Waals surface area contributed by atoms with Gasteiger partial charge < -0.3 is 49.7 Å². The topological polar surface area (TPSA) is 206 Å². The molecule has 6 rings (SSSR count). The molecule has 16 nitrogen and oxygen atoms in total. The molecule has 2 aliphatic carbocycles. The van der Waals surface area contributed by atoms with Crippen LogP contribution in [-0.2, 0) is 32.0 Å². The number of aryl methyl sites for hydroxylation is 2. The van der Waals surface area contributed by atoms with Gasteiger partial charge in [-0.2, -0.15) is 26.3 Å². The Morgan fingerprint density at radius 3 is 1.16 bits per heavy atom. The van der Waals surface area contributed by atoms with Gasteiger partial charge in [-0.05, 0) is 122 Å². The molecule has 4 aromatic carbocycles. The van der Waals surface area contributed by atoms with E-state index in [0.717, 1.165) is 25.0 Å². The Morgan fingerprint density at radius 2 is 0.878 bits per heavy atom. The van der Waals surface area contributed by atoms with Gasteiger partial charge in [0.05, 0.1) is 64.5 Å². The summed E-state index contributed by atoms with van der Waals surface area (Å²) in [5, 5.41) is 8.73. The highest BCUT2D eigenvalue weighted by Gasteiger charge is 2.42. The molecule has 0 radical (unpaired) electrons. The van der Waals surface area contributed by atoms with Crippen molar-refractivity contribution in [1.82, 2.24) is 21.3 Å². The lowest BCUT2D eigenvalue weighted by Gasteiger charge is -2.22. The zero-order valence-electron chi connectivity index (χ0n) is 41.7. The summed E-state index contributed by atoms with van der Waals surface area (Å²) in [6.45, 7) is 2.31. The molecule has 0 fully saturated rings. The van der Waals surface area contributed by atoms with Crippen molar-refractivity contribution in [3.63, 3.8) is 0 Å².